The van der Waals surface area contributed by atoms with Gasteiger partial charge in [-0.2, -0.15) is 0 Å². The Labute approximate surface area is 113 Å². The molecule has 0 bridgehead atoms. The van der Waals surface area contributed by atoms with E-state index in [9.17, 15) is 14.4 Å². The Bertz CT molecular complexity index is 342. The van der Waals surface area contributed by atoms with Gasteiger partial charge >= 0.3 is 12.0 Å². The zero-order chi connectivity index (χ0) is 15.2. The number of nitrogens with zero attached hydrogens (tertiary/aromatic N) is 2. The first kappa shape index (κ1) is 17.2. The molecule has 0 spiro atoms. The molecule has 3 amide bonds. The van der Waals surface area contributed by atoms with Crippen LogP contribution >= 0.6 is 0 Å². The van der Waals surface area contributed by atoms with Crippen molar-refractivity contribution in [3.05, 3.63) is 0 Å². The molecule has 0 radical (unpaired) electrons. The molecule has 0 atom stereocenters. The van der Waals surface area contributed by atoms with Gasteiger partial charge in [-0.25, -0.2) is 4.79 Å². The standard InChI is InChI=1S/C12H23N3O4/c1-8(2)14(6-5-11(17)18)12(19)15(9(3)4)7-10(13)16/h8-9H,5-7H2,1-4H3,(H2,13,16)(H,17,18). The van der Waals surface area contributed by atoms with Crippen LogP contribution in [0.2, 0.25) is 0 Å². The highest BCUT2D eigenvalue weighted by Crippen LogP contribution is 2.09. The molecule has 0 aromatic rings. The highest BCUT2D eigenvalue weighted by Gasteiger charge is 2.26. The molecule has 0 fully saturated rings. The molecule has 0 aliphatic heterocycles. The average molecular weight is 273 g/mol. The van der Waals surface area contributed by atoms with Crippen molar-refractivity contribution < 1.29 is 19.5 Å². The van der Waals surface area contributed by atoms with Crippen LogP contribution in [-0.2, 0) is 9.59 Å². The summed E-state index contributed by atoms with van der Waals surface area (Å²) in [5.41, 5.74) is 5.12. The summed E-state index contributed by atoms with van der Waals surface area (Å²) in [6, 6.07) is -0.711. The first-order chi connectivity index (χ1) is 8.66. The second-order valence-corrected chi connectivity index (χ2v) is 4.90. The molecule has 3 N–H and O–H groups in total. The Kier molecular flexibility index (Phi) is 6.89. The van der Waals surface area contributed by atoms with Gasteiger partial charge in [-0.05, 0) is 27.7 Å². The molecule has 0 aliphatic carbocycles. The van der Waals surface area contributed by atoms with Gasteiger partial charge in [0.2, 0.25) is 5.91 Å². The quantitative estimate of drug-likeness (QED) is 0.704. The van der Waals surface area contributed by atoms with Gasteiger partial charge in [-0.1, -0.05) is 0 Å². The summed E-state index contributed by atoms with van der Waals surface area (Å²) in [7, 11) is 0. The van der Waals surface area contributed by atoms with Crippen LogP contribution in [0.4, 0.5) is 4.79 Å². The number of aliphatic carboxylic acids is 1. The normalized spacial score (nSPS) is 10.6. The molecule has 0 heterocycles. The highest BCUT2D eigenvalue weighted by atomic mass is 16.4. The molecule has 19 heavy (non-hydrogen) atoms. The largest absolute Gasteiger partial charge is 0.481 e. The van der Waals surface area contributed by atoms with Crippen molar-refractivity contribution >= 4 is 17.9 Å². The van der Waals surface area contributed by atoms with Crippen LogP contribution < -0.4 is 5.73 Å². The molecule has 7 nitrogen and oxygen atoms in total. The molecule has 0 unspecified atom stereocenters. The summed E-state index contributed by atoms with van der Waals surface area (Å²) in [4.78, 5) is 36.7. The number of primary amides is 1. The zero-order valence-corrected chi connectivity index (χ0v) is 11.9. The summed E-state index contributed by atoms with van der Waals surface area (Å²) in [5, 5.41) is 8.69. The predicted octanol–water partition coefficient (Wildman–Crippen LogP) is 0.487. The second kappa shape index (κ2) is 7.60. The minimum Gasteiger partial charge on any atom is -0.481 e. The molecule has 0 aromatic carbocycles. The van der Waals surface area contributed by atoms with Crippen LogP contribution in [0.1, 0.15) is 34.1 Å². The van der Waals surface area contributed by atoms with Crippen LogP contribution in [0.15, 0.2) is 0 Å². The summed E-state index contributed by atoms with van der Waals surface area (Å²) in [6.07, 6.45) is -0.133. The van der Waals surface area contributed by atoms with Crippen molar-refractivity contribution in [2.24, 2.45) is 5.73 Å². The zero-order valence-electron chi connectivity index (χ0n) is 11.9. The average Bonchev–Trinajstić information content (AvgIpc) is 2.24. The van der Waals surface area contributed by atoms with E-state index in [1.807, 2.05) is 0 Å². The Balaban J connectivity index is 4.92. The fourth-order valence-electron chi connectivity index (χ4n) is 1.59. The van der Waals surface area contributed by atoms with E-state index >= 15 is 0 Å². The van der Waals surface area contributed by atoms with Crippen LogP contribution in [0.3, 0.4) is 0 Å². The van der Waals surface area contributed by atoms with E-state index in [0.29, 0.717) is 0 Å². The number of carboxylic acids is 1. The molecule has 110 valence electrons. The fourth-order valence-corrected chi connectivity index (χ4v) is 1.59. The maximum absolute atomic E-state index is 12.3. The lowest BCUT2D eigenvalue weighted by atomic mass is 10.2. The number of carbonyl (C=O) groups excluding carboxylic acids is 2. The molecule has 0 aromatic heterocycles. The first-order valence-corrected chi connectivity index (χ1v) is 6.24. The Hall–Kier alpha value is -1.79. The molecule has 0 aliphatic rings. The van der Waals surface area contributed by atoms with Gasteiger partial charge in [0, 0.05) is 18.6 Å². The maximum Gasteiger partial charge on any atom is 0.320 e. The molecule has 0 saturated heterocycles. The van der Waals surface area contributed by atoms with E-state index < -0.39 is 11.9 Å². The molecular weight excluding hydrogens is 250 g/mol. The van der Waals surface area contributed by atoms with Crippen molar-refractivity contribution in [1.82, 2.24) is 9.80 Å². The van der Waals surface area contributed by atoms with E-state index in [1.165, 1.54) is 9.80 Å². The van der Waals surface area contributed by atoms with Gasteiger partial charge in [-0.15, -0.1) is 0 Å². The monoisotopic (exact) mass is 273 g/mol. The van der Waals surface area contributed by atoms with Gasteiger partial charge < -0.3 is 20.6 Å². The fraction of sp³-hybridized carbons (Fsp3) is 0.750. The highest BCUT2D eigenvalue weighted by molar-refractivity contribution is 5.83. The van der Waals surface area contributed by atoms with Crippen molar-refractivity contribution in [2.45, 2.75) is 46.2 Å². The van der Waals surface area contributed by atoms with E-state index in [0.717, 1.165) is 0 Å². The van der Waals surface area contributed by atoms with E-state index in [1.54, 1.807) is 27.7 Å². The lowest BCUT2D eigenvalue weighted by Gasteiger charge is -2.34. The van der Waals surface area contributed by atoms with Crippen LogP contribution in [-0.4, -0.2) is 58.0 Å². The summed E-state index contributed by atoms with van der Waals surface area (Å²) >= 11 is 0. The van der Waals surface area contributed by atoms with Gasteiger partial charge in [0.15, 0.2) is 0 Å². The number of urea groups is 1. The minimum atomic E-state index is -0.968. The first-order valence-electron chi connectivity index (χ1n) is 6.24. The molecule has 7 heteroatoms. The van der Waals surface area contributed by atoms with Crippen molar-refractivity contribution in [3.8, 4) is 0 Å². The van der Waals surface area contributed by atoms with Gasteiger partial charge in [0.05, 0.1) is 6.42 Å². The SMILES string of the molecule is CC(C)N(CCC(=O)O)C(=O)N(CC(N)=O)C(C)C. The molecule has 0 rings (SSSR count). The van der Waals surface area contributed by atoms with E-state index in [-0.39, 0.29) is 37.6 Å². The van der Waals surface area contributed by atoms with E-state index in [4.69, 9.17) is 10.8 Å². The Morgan fingerprint density at radius 3 is 1.84 bits per heavy atom. The van der Waals surface area contributed by atoms with Crippen LogP contribution in [0, 0.1) is 0 Å². The number of carboxylic acid groups (broad SMARTS) is 1. The number of hydrogen-bond acceptors (Lipinski definition) is 3. The number of hydrogen-bond donors (Lipinski definition) is 2. The summed E-state index contributed by atoms with van der Waals surface area (Å²) < 4.78 is 0. The summed E-state index contributed by atoms with van der Waals surface area (Å²) in [6.45, 7) is 7.07. The smallest absolute Gasteiger partial charge is 0.320 e. The summed E-state index contributed by atoms with van der Waals surface area (Å²) in [5.74, 6) is -1.56. The predicted molar refractivity (Wildman–Crippen MR) is 70.5 cm³/mol. The third-order valence-corrected chi connectivity index (χ3v) is 2.63. The lowest BCUT2D eigenvalue weighted by molar-refractivity contribution is -0.137. The number of amides is 3. The minimum absolute atomic E-state index is 0.105. The third kappa shape index (κ3) is 6.08. The van der Waals surface area contributed by atoms with Crippen molar-refractivity contribution in [3.63, 3.8) is 0 Å². The van der Waals surface area contributed by atoms with Crippen molar-refractivity contribution in [2.75, 3.05) is 13.1 Å². The Morgan fingerprint density at radius 2 is 1.53 bits per heavy atom. The van der Waals surface area contributed by atoms with Gasteiger partial charge in [0.1, 0.15) is 6.54 Å². The van der Waals surface area contributed by atoms with Crippen molar-refractivity contribution in [1.29, 1.82) is 0 Å². The number of carbonyl (C=O) groups is 3. The number of nitrogens with two attached hydrogens (primary N) is 1. The van der Waals surface area contributed by atoms with Gasteiger partial charge in [-0.3, -0.25) is 9.59 Å². The second-order valence-electron chi connectivity index (χ2n) is 4.90. The topological polar surface area (TPSA) is 104 Å². The van der Waals surface area contributed by atoms with Crippen LogP contribution in [0.5, 0.6) is 0 Å². The maximum atomic E-state index is 12.3. The lowest BCUT2D eigenvalue weighted by Crippen LogP contribution is -2.52. The number of rotatable bonds is 7. The Morgan fingerprint density at radius 1 is 1.05 bits per heavy atom. The third-order valence-electron chi connectivity index (χ3n) is 2.63. The molecule has 0 saturated carbocycles. The molecular formula is C12H23N3O4. The van der Waals surface area contributed by atoms with Gasteiger partial charge in [0.25, 0.3) is 0 Å². The van der Waals surface area contributed by atoms with E-state index in [2.05, 4.69) is 0 Å². The van der Waals surface area contributed by atoms with Crippen LogP contribution in [0.25, 0.3) is 0 Å².